The molecule has 3 heteroatoms. The molecule has 0 aliphatic heterocycles. The fraction of sp³-hybridized carbons (Fsp3) is 1.00. The topological polar surface area (TPSA) is 18.5 Å². The molecule has 0 fully saturated rings. The van der Waals surface area contributed by atoms with Crippen molar-refractivity contribution in [2.45, 2.75) is 200 Å². The monoisotopic (exact) mass is 527 g/mol. The van der Waals surface area contributed by atoms with Crippen molar-refractivity contribution in [2.75, 3.05) is 13.2 Å². The average Bonchev–Trinajstić information content (AvgIpc) is 2.88. The van der Waals surface area contributed by atoms with Crippen LogP contribution in [0.1, 0.15) is 188 Å². The second-order valence-electron chi connectivity index (χ2n) is 11.4. The molecule has 0 aliphatic rings. The molecule has 0 aromatic carbocycles. The molecule has 36 heavy (non-hydrogen) atoms. The van der Waals surface area contributed by atoms with Crippen LogP contribution < -0.4 is 0 Å². The SMILES string of the molecule is CCCCCCCCCCCCCCCCCCCCCCCCCCC[Si](CC)(OCC)OCC. The van der Waals surface area contributed by atoms with Crippen molar-refractivity contribution in [3.8, 4) is 0 Å². The zero-order chi connectivity index (χ0) is 26.4. The largest absolute Gasteiger partial charge is 0.394 e. The fourth-order valence-corrected chi connectivity index (χ4v) is 8.60. The molecule has 0 aliphatic carbocycles. The lowest BCUT2D eigenvalue weighted by Gasteiger charge is -2.28. The van der Waals surface area contributed by atoms with E-state index in [1.165, 1.54) is 167 Å². The molecule has 218 valence electrons. The van der Waals surface area contributed by atoms with Crippen molar-refractivity contribution in [1.29, 1.82) is 0 Å². The number of unbranched alkanes of at least 4 members (excludes halogenated alkanes) is 24. The van der Waals surface area contributed by atoms with Crippen molar-refractivity contribution in [3.05, 3.63) is 0 Å². The van der Waals surface area contributed by atoms with Gasteiger partial charge in [0.25, 0.3) is 0 Å². The van der Waals surface area contributed by atoms with Gasteiger partial charge in [-0.1, -0.05) is 174 Å². The van der Waals surface area contributed by atoms with Crippen LogP contribution in [0.5, 0.6) is 0 Å². The Hall–Kier alpha value is 0.137. The van der Waals surface area contributed by atoms with Crippen molar-refractivity contribution in [1.82, 2.24) is 0 Å². The standard InChI is InChI=1S/C33H70O2Si/c1-5-9-10-11-12-13-14-15-16-17-18-19-20-21-22-23-24-25-26-27-28-29-30-31-32-33-36(8-4,34-6-2)35-7-3/h5-33H2,1-4H3. The van der Waals surface area contributed by atoms with E-state index >= 15 is 0 Å². The van der Waals surface area contributed by atoms with Gasteiger partial charge in [0, 0.05) is 13.2 Å². The molecule has 0 saturated heterocycles. The third kappa shape index (κ3) is 24.5. The summed E-state index contributed by atoms with van der Waals surface area (Å²) in [7, 11) is -1.89. The summed E-state index contributed by atoms with van der Waals surface area (Å²) >= 11 is 0. The zero-order valence-electron chi connectivity index (χ0n) is 25.8. The van der Waals surface area contributed by atoms with E-state index in [4.69, 9.17) is 8.85 Å². The minimum atomic E-state index is -1.89. The Morgan fingerprint density at radius 3 is 0.806 bits per heavy atom. The quantitative estimate of drug-likeness (QED) is 0.0660. The summed E-state index contributed by atoms with van der Waals surface area (Å²) < 4.78 is 12.2. The van der Waals surface area contributed by atoms with Crippen LogP contribution in [0.4, 0.5) is 0 Å². The van der Waals surface area contributed by atoms with E-state index in [0.717, 1.165) is 19.3 Å². The first-order chi connectivity index (χ1) is 17.7. The Morgan fingerprint density at radius 1 is 0.333 bits per heavy atom. The van der Waals surface area contributed by atoms with E-state index < -0.39 is 8.56 Å². The molecular formula is C33H70O2Si. The van der Waals surface area contributed by atoms with E-state index in [1.54, 1.807) is 0 Å². The Bertz CT molecular complexity index is 395. The summed E-state index contributed by atoms with van der Waals surface area (Å²) in [6.45, 7) is 10.4. The number of rotatable bonds is 31. The fourth-order valence-electron chi connectivity index (χ4n) is 5.63. The van der Waals surface area contributed by atoms with E-state index in [2.05, 4.69) is 27.7 Å². The molecule has 0 N–H and O–H groups in total. The molecule has 0 bridgehead atoms. The maximum atomic E-state index is 6.09. The van der Waals surface area contributed by atoms with Crippen LogP contribution in [0.2, 0.25) is 12.1 Å². The highest BCUT2D eigenvalue weighted by atomic mass is 28.4. The molecule has 0 rings (SSSR count). The first-order valence-electron chi connectivity index (χ1n) is 17.0. The molecule has 0 amide bonds. The minimum Gasteiger partial charge on any atom is -0.394 e. The molecule has 0 unspecified atom stereocenters. The second kappa shape index (κ2) is 29.7. The smallest absolute Gasteiger partial charge is 0.337 e. The van der Waals surface area contributed by atoms with Crippen LogP contribution in [-0.2, 0) is 8.85 Å². The van der Waals surface area contributed by atoms with Gasteiger partial charge in [0.2, 0.25) is 0 Å². The van der Waals surface area contributed by atoms with Crippen LogP contribution in [0.3, 0.4) is 0 Å². The summed E-state index contributed by atoms with van der Waals surface area (Å²) in [5.41, 5.74) is 0. The first kappa shape index (κ1) is 36.1. The van der Waals surface area contributed by atoms with Gasteiger partial charge in [0.05, 0.1) is 0 Å². The van der Waals surface area contributed by atoms with Gasteiger partial charge in [-0.25, -0.2) is 0 Å². The second-order valence-corrected chi connectivity index (χ2v) is 15.0. The van der Waals surface area contributed by atoms with Gasteiger partial charge in [-0.3, -0.25) is 0 Å². The number of hydrogen-bond acceptors (Lipinski definition) is 2. The summed E-state index contributed by atoms with van der Waals surface area (Å²) in [6, 6.07) is 2.28. The number of hydrogen-bond donors (Lipinski definition) is 0. The Balaban J connectivity index is 3.23. The molecule has 0 aromatic heterocycles. The van der Waals surface area contributed by atoms with Gasteiger partial charge in [-0.15, -0.1) is 0 Å². The van der Waals surface area contributed by atoms with E-state index in [9.17, 15) is 0 Å². The van der Waals surface area contributed by atoms with Gasteiger partial charge in [0.1, 0.15) is 0 Å². The Kier molecular flexibility index (Phi) is 29.8. The van der Waals surface area contributed by atoms with E-state index in [0.29, 0.717) is 0 Å². The molecule has 0 saturated carbocycles. The van der Waals surface area contributed by atoms with Crippen LogP contribution >= 0.6 is 0 Å². The average molecular weight is 527 g/mol. The van der Waals surface area contributed by atoms with Gasteiger partial charge >= 0.3 is 8.56 Å². The van der Waals surface area contributed by atoms with Crippen LogP contribution in [-0.4, -0.2) is 21.8 Å². The lowest BCUT2D eigenvalue weighted by Crippen LogP contribution is -2.41. The molecule has 0 heterocycles. The van der Waals surface area contributed by atoms with Crippen LogP contribution in [0.25, 0.3) is 0 Å². The predicted octanol–water partition coefficient (Wildman–Crippen LogP) is 12.3. The minimum absolute atomic E-state index is 0.805. The Morgan fingerprint density at radius 2 is 0.583 bits per heavy atom. The third-order valence-electron chi connectivity index (χ3n) is 8.01. The third-order valence-corrected chi connectivity index (χ3v) is 11.8. The Labute approximate surface area is 230 Å². The van der Waals surface area contributed by atoms with Crippen molar-refractivity contribution < 1.29 is 8.85 Å². The summed E-state index contributed by atoms with van der Waals surface area (Å²) in [4.78, 5) is 0. The normalized spacial score (nSPS) is 12.0. The van der Waals surface area contributed by atoms with Gasteiger partial charge < -0.3 is 8.85 Å². The predicted molar refractivity (Wildman–Crippen MR) is 165 cm³/mol. The van der Waals surface area contributed by atoms with Crippen molar-refractivity contribution in [3.63, 3.8) is 0 Å². The maximum absolute atomic E-state index is 6.09. The van der Waals surface area contributed by atoms with Crippen LogP contribution in [0, 0.1) is 0 Å². The molecular weight excluding hydrogens is 456 g/mol. The lowest BCUT2D eigenvalue weighted by atomic mass is 10.0. The van der Waals surface area contributed by atoms with E-state index in [1.807, 2.05) is 0 Å². The van der Waals surface area contributed by atoms with Crippen molar-refractivity contribution in [2.24, 2.45) is 0 Å². The summed E-state index contributed by atoms with van der Waals surface area (Å²) in [5.74, 6) is 0. The van der Waals surface area contributed by atoms with Crippen LogP contribution in [0.15, 0.2) is 0 Å². The van der Waals surface area contributed by atoms with Gasteiger partial charge in [0.15, 0.2) is 0 Å². The highest BCUT2D eigenvalue weighted by molar-refractivity contribution is 6.67. The highest BCUT2D eigenvalue weighted by Gasteiger charge is 2.34. The molecule has 0 atom stereocenters. The summed E-state index contributed by atoms with van der Waals surface area (Å²) in [6.07, 6.45) is 36.2. The zero-order valence-corrected chi connectivity index (χ0v) is 26.8. The van der Waals surface area contributed by atoms with Gasteiger partial charge in [-0.05, 0) is 25.9 Å². The van der Waals surface area contributed by atoms with Gasteiger partial charge in [-0.2, -0.15) is 0 Å². The molecule has 0 radical (unpaired) electrons. The lowest BCUT2D eigenvalue weighted by molar-refractivity contribution is 0.182. The first-order valence-corrected chi connectivity index (χ1v) is 19.3. The molecule has 0 spiro atoms. The molecule has 0 aromatic rings. The van der Waals surface area contributed by atoms with Crippen molar-refractivity contribution >= 4 is 8.56 Å². The maximum Gasteiger partial charge on any atom is 0.337 e. The highest BCUT2D eigenvalue weighted by Crippen LogP contribution is 2.23. The molecule has 2 nitrogen and oxygen atoms in total. The van der Waals surface area contributed by atoms with E-state index in [-0.39, 0.29) is 0 Å². The summed E-state index contributed by atoms with van der Waals surface area (Å²) in [5, 5.41) is 0.